The van der Waals surface area contributed by atoms with Crippen LogP contribution in [0.25, 0.3) is 0 Å². The average molecular weight is 418 g/mol. The number of benzene rings is 1. The van der Waals surface area contributed by atoms with Gasteiger partial charge >= 0.3 is 0 Å². The Labute approximate surface area is 172 Å². The second-order valence-electron chi connectivity index (χ2n) is 6.91. The molecular formula is C20H23FN4O3S. The van der Waals surface area contributed by atoms with Gasteiger partial charge in [0.05, 0.1) is 6.42 Å². The molecule has 154 valence electrons. The standard InChI is InChI=1S/C20H23FN4O3S/c1-13-17(11-18(27)25-9-7-24(8-10-25)14(2)26)19(28)23-20(22-13)29-12-15-3-5-16(21)6-4-15/h3-6H,7-12H2,1-2H3,(H,22,23,28). The van der Waals surface area contributed by atoms with E-state index in [0.717, 1.165) is 5.56 Å². The van der Waals surface area contributed by atoms with E-state index in [1.807, 2.05) is 0 Å². The third-order valence-corrected chi connectivity index (χ3v) is 5.84. The summed E-state index contributed by atoms with van der Waals surface area (Å²) < 4.78 is 13.0. The van der Waals surface area contributed by atoms with E-state index in [-0.39, 0.29) is 29.6 Å². The minimum absolute atomic E-state index is 0.00214. The predicted octanol–water partition coefficient (Wildman–Crippen LogP) is 1.74. The maximum Gasteiger partial charge on any atom is 0.255 e. The second-order valence-corrected chi connectivity index (χ2v) is 7.88. The first-order chi connectivity index (χ1) is 13.8. The van der Waals surface area contributed by atoms with Crippen LogP contribution in [0, 0.1) is 12.7 Å². The van der Waals surface area contributed by atoms with Crippen molar-refractivity contribution in [1.82, 2.24) is 19.8 Å². The summed E-state index contributed by atoms with van der Waals surface area (Å²) in [5.74, 6) is 0.108. The lowest BCUT2D eigenvalue weighted by molar-refractivity contribution is -0.138. The van der Waals surface area contributed by atoms with Crippen molar-refractivity contribution in [2.24, 2.45) is 0 Å². The topological polar surface area (TPSA) is 86.4 Å². The minimum Gasteiger partial charge on any atom is -0.339 e. The summed E-state index contributed by atoms with van der Waals surface area (Å²) in [4.78, 5) is 47.0. The van der Waals surface area contributed by atoms with Gasteiger partial charge in [-0.2, -0.15) is 0 Å². The number of H-pyrrole nitrogens is 1. The van der Waals surface area contributed by atoms with E-state index in [1.165, 1.54) is 30.8 Å². The van der Waals surface area contributed by atoms with Crippen LogP contribution in [0.4, 0.5) is 4.39 Å². The summed E-state index contributed by atoms with van der Waals surface area (Å²) in [6.45, 7) is 5.18. The van der Waals surface area contributed by atoms with Gasteiger partial charge in [0.1, 0.15) is 5.82 Å². The van der Waals surface area contributed by atoms with Crippen LogP contribution in [0.3, 0.4) is 0 Å². The zero-order valence-electron chi connectivity index (χ0n) is 16.4. The maximum atomic E-state index is 13.0. The van der Waals surface area contributed by atoms with Crippen molar-refractivity contribution in [3.63, 3.8) is 0 Å². The molecule has 29 heavy (non-hydrogen) atoms. The van der Waals surface area contributed by atoms with Gasteiger partial charge in [-0.1, -0.05) is 23.9 Å². The maximum absolute atomic E-state index is 13.0. The molecule has 0 bridgehead atoms. The average Bonchev–Trinajstić information content (AvgIpc) is 2.70. The van der Waals surface area contributed by atoms with Crippen molar-refractivity contribution in [2.45, 2.75) is 31.2 Å². The minimum atomic E-state index is -0.324. The van der Waals surface area contributed by atoms with Gasteiger partial charge in [0.2, 0.25) is 11.8 Å². The molecular weight excluding hydrogens is 395 g/mol. The third-order valence-electron chi connectivity index (χ3n) is 4.90. The largest absolute Gasteiger partial charge is 0.339 e. The lowest BCUT2D eigenvalue weighted by Crippen LogP contribution is -2.50. The zero-order valence-corrected chi connectivity index (χ0v) is 17.2. The van der Waals surface area contributed by atoms with Crippen LogP contribution < -0.4 is 5.56 Å². The van der Waals surface area contributed by atoms with Gasteiger partial charge in [0.15, 0.2) is 5.16 Å². The van der Waals surface area contributed by atoms with Crippen molar-refractivity contribution < 1.29 is 14.0 Å². The number of thioether (sulfide) groups is 1. The smallest absolute Gasteiger partial charge is 0.255 e. The normalized spacial score (nSPS) is 14.2. The highest BCUT2D eigenvalue weighted by Crippen LogP contribution is 2.19. The molecule has 2 heterocycles. The fraction of sp³-hybridized carbons (Fsp3) is 0.400. The molecule has 1 aromatic heterocycles. The quantitative estimate of drug-likeness (QED) is 0.591. The molecule has 7 nitrogen and oxygen atoms in total. The number of halogens is 1. The summed E-state index contributed by atoms with van der Waals surface area (Å²) in [6.07, 6.45) is -0.0167. The molecule has 1 aliphatic rings. The molecule has 1 fully saturated rings. The van der Waals surface area contributed by atoms with Gasteiger partial charge in [-0.3, -0.25) is 14.4 Å². The van der Waals surface area contributed by atoms with Gasteiger partial charge in [-0.15, -0.1) is 0 Å². The van der Waals surface area contributed by atoms with Crippen LogP contribution >= 0.6 is 11.8 Å². The Hall–Kier alpha value is -2.68. The van der Waals surface area contributed by atoms with E-state index in [1.54, 1.807) is 28.9 Å². The number of aromatic amines is 1. The van der Waals surface area contributed by atoms with Crippen molar-refractivity contribution in [2.75, 3.05) is 26.2 Å². The third kappa shape index (κ3) is 5.44. The molecule has 0 spiro atoms. The highest BCUT2D eigenvalue weighted by molar-refractivity contribution is 7.98. The second kappa shape index (κ2) is 9.21. The van der Waals surface area contributed by atoms with Crippen LogP contribution in [0.2, 0.25) is 0 Å². The number of carbonyl (C=O) groups is 2. The Kier molecular flexibility index (Phi) is 6.68. The van der Waals surface area contributed by atoms with Crippen molar-refractivity contribution in [3.05, 3.63) is 57.3 Å². The number of aromatic nitrogens is 2. The number of piperazine rings is 1. The van der Waals surface area contributed by atoms with Gasteiger partial charge < -0.3 is 14.8 Å². The molecule has 0 unspecified atom stereocenters. The molecule has 3 rings (SSSR count). The van der Waals surface area contributed by atoms with E-state index < -0.39 is 0 Å². The molecule has 9 heteroatoms. The number of nitrogens with one attached hydrogen (secondary N) is 1. The summed E-state index contributed by atoms with van der Waals surface area (Å²) in [7, 11) is 0. The van der Waals surface area contributed by atoms with E-state index >= 15 is 0 Å². The molecule has 2 amide bonds. The SMILES string of the molecule is CC(=O)N1CCN(C(=O)Cc2c(C)nc(SCc3ccc(F)cc3)[nH]c2=O)CC1. The van der Waals surface area contributed by atoms with Crippen LogP contribution in [0.1, 0.15) is 23.7 Å². The Balaban J connectivity index is 1.62. The molecule has 1 aliphatic heterocycles. The van der Waals surface area contributed by atoms with Crippen molar-refractivity contribution >= 4 is 23.6 Å². The molecule has 0 atom stereocenters. The van der Waals surface area contributed by atoms with Crippen LogP contribution in [-0.2, 0) is 21.8 Å². The van der Waals surface area contributed by atoms with Crippen LogP contribution in [0.5, 0.6) is 0 Å². The van der Waals surface area contributed by atoms with Crippen molar-refractivity contribution in [3.8, 4) is 0 Å². The molecule has 2 aromatic rings. The molecule has 1 aromatic carbocycles. The lowest BCUT2D eigenvalue weighted by atomic mass is 10.1. The number of hydrogen-bond acceptors (Lipinski definition) is 5. The Morgan fingerprint density at radius 3 is 2.34 bits per heavy atom. The molecule has 0 saturated carbocycles. The Bertz CT molecular complexity index is 953. The van der Waals surface area contributed by atoms with E-state index in [4.69, 9.17) is 0 Å². The van der Waals surface area contributed by atoms with E-state index in [2.05, 4.69) is 9.97 Å². The Morgan fingerprint density at radius 1 is 1.14 bits per heavy atom. The van der Waals surface area contributed by atoms with Crippen LogP contribution in [0.15, 0.2) is 34.2 Å². The van der Waals surface area contributed by atoms with Gasteiger partial charge in [-0.25, -0.2) is 9.37 Å². The lowest BCUT2D eigenvalue weighted by Gasteiger charge is -2.34. The summed E-state index contributed by atoms with van der Waals surface area (Å²) in [5.41, 5.74) is 1.47. The van der Waals surface area contributed by atoms with Crippen LogP contribution in [-0.4, -0.2) is 57.8 Å². The first-order valence-corrected chi connectivity index (χ1v) is 10.3. The summed E-state index contributed by atoms with van der Waals surface area (Å²) in [5, 5.41) is 0.461. The van der Waals surface area contributed by atoms with Gasteiger partial charge in [0.25, 0.3) is 5.56 Å². The Morgan fingerprint density at radius 2 is 1.76 bits per heavy atom. The number of rotatable bonds is 5. The molecule has 0 radical (unpaired) electrons. The number of nitrogens with zero attached hydrogens (tertiary/aromatic N) is 3. The number of amides is 2. The summed E-state index contributed by atoms with van der Waals surface area (Å²) in [6, 6.07) is 6.16. The molecule has 1 saturated heterocycles. The first kappa shape index (κ1) is 21.0. The molecule has 0 aliphatic carbocycles. The van der Waals surface area contributed by atoms with Gasteiger partial charge in [0, 0.05) is 50.1 Å². The highest BCUT2D eigenvalue weighted by atomic mass is 32.2. The molecule has 1 N–H and O–H groups in total. The van der Waals surface area contributed by atoms with E-state index in [9.17, 15) is 18.8 Å². The number of hydrogen-bond donors (Lipinski definition) is 1. The van der Waals surface area contributed by atoms with Crippen molar-refractivity contribution in [1.29, 1.82) is 0 Å². The number of carbonyl (C=O) groups excluding carboxylic acids is 2. The van der Waals surface area contributed by atoms with E-state index in [0.29, 0.717) is 48.3 Å². The highest BCUT2D eigenvalue weighted by Gasteiger charge is 2.24. The summed E-state index contributed by atoms with van der Waals surface area (Å²) >= 11 is 1.34. The number of aryl methyl sites for hydroxylation is 1. The first-order valence-electron chi connectivity index (χ1n) is 9.34. The zero-order chi connectivity index (χ0) is 21.0. The predicted molar refractivity (Wildman–Crippen MR) is 108 cm³/mol. The fourth-order valence-electron chi connectivity index (χ4n) is 3.13. The fourth-order valence-corrected chi connectivity index (χ4v) is 3.99. The monoisotopic (exact) mass is 418 g/mol. The van der Waals surface area contributed by atoms with Gasteiger partial charge in [-0.05, 0) is 24.6 Å².